The first-order valence-electron chi connectivity index (χ1n) is 6.84. The summed E-state index contributed by atoms with van der Waals surface area (Å²) in [7, 11) is 1.89. The molecular weight excluding hydrogens is 273 g/mol. The number of likely N-dealkylation sites (N-methyl/N-ethyl adjacent to an activating group) is 1. The van der Waals surface area contributed by atoms with Gasteiger partial charge in [0.05, 0.1) is 0 Å². The van der Waals surface area contributed by atoms with E-state index in [1.54, 1.807) is 6.07 Å². The van der Waals surface area contributed by atoms with E-state index >= 15 is 0 Å². The Labute approximate surface area is 124 Å². The molecule has 0 spiro atoms. The first-order valence-corrected chi connectivity index (χ1v) is 7.22. The first-order chi connectivity index (χ1) is 9.67. The summed E-state index contributed by atoms with van der Waals surface area (Å²) < 4.78 is 13.5. The van der Waals surface area contributed by atoms with Gasteiger partial charge in [-0.3, -0.25) is 0 Å². The van der Waals surface area contributed by atoms with Gasteiger partial charge >= 0.3 is 0 Å². The van der Waals surface area contributed by atoms with Crippen molar-refractivity contribution in [3.63, 3.8) is 0 Å². The summed E-state index contributed by atoms with van der Waals surface area (Å²) in [5.74, 6) is -0.00642. The monoisotopic (exact) mass is 291 g/mol. The van der Waals surface area contributed by atoms with Crippen LogP contribution in [0.3, 0.4) is 0 Å². The molecule has 0 saturated heterocycles. The molecule has 2 rings (SSSR count). The smallest absolute Gasteiger partial charge is 0.123 e. The number of benzene rings is 2. The number of hydrogen-bond acceptors (Lipinski definition) is 1. The molecule has 2 aromatic carbocycles. The van der Waals surface area contributed by atoms with Crippen molar-refractivity contribution in [1.29, 1.82) is 0 Å². The standard InChI is InChI=1S/C17H19ClFN/c1-3-14(12-7-5-4-6-8-12)17(20-2)15-11-13(19)9-10-16(15)18/h4-11,14,17,20H,3H2,1-2H3. The van der Waals surface area contributed by atoms with E-state index in [-0.39, 0.29) is 17.8 Å². The summed E-state index contributed by atoms with van der Waals surface area (Å²) in [6, 6.07) is 14.8. The average molecular weight is 292 g/mol. The summed E-state index contributed by atoms with van der Waals surface area (Å²) >= 11 is 6.25. The molecule has 0 bridgehead atoms. The Bertz CT molecular complexity index is 556. The third kappa shape index (κ3) is 3.20. The lowest BCUT2D eigenvalue weighted by molar-refractivity contribution is 0.465. The fourth-order valence-corrected chi connectivity index (χ4v) is 2.93. The zero-order valence-corrected chi connectivity index (χ0v) is 12.5. The van der Waals surface area contributed by atoms with E-state index in [4.69, 9.17) is 11.6 Å². The van der Waals surface area contributed by atoms with Crippen LogP contribution in [0, 0.1) is 5.82 Å². The highest BCUT2D eigenvalue weighted by molar-refractivity contribution is 6.31. The second kappa shape index (κ2) is 6.87. The largest absolute Gasteiger partial charge is 0.312 e. The molecule has 1 N–H and O–H groups in total. The Morgan fingerprint density at radius 2 is 1.85 bits per heavy atom. The molecule has 0 aliphatic carbocycles. The maximum absolute atomic E-state index is 13.5. The van der Waals surface area contributed by atoms with Crippen LogP contribution in [0.15, 0.2) is 48.5 Å². The van der Waals surface area contributed by atoms with Crippen LogP contribution in [0.5, 0.6) is 0 Å². The van der Waals surface area contributed by atoms with Crippen LogP contribution in [0.25, 0.3) is 0 Å². The van der Waals surface area contributed by atoms with Crippen LogP contribution in [0.4, 0.5) is 4.39 Å². The number of halogens is 2. The molecule has 0 saturated carbocycles. The van der Waals surface area contributed by atoms with Gasteiger partial charge in [0.15, 0.2) is 0 Å². The zero-order valence-electron chi connectivity index (χ0n) is 11.7. The molecule has 0 aliphatic rings. The van der Waals surface area contributed by atoms with Gasteiger partial charge in [0.1, 0.15) is 5.82 Å². The van der Waals surface area contributed by atoms with Crippen molar-refractivity contribution in [3.8, 4) is 0 Å². The molecule has 0 fully saturated rings. The van der Waals surface area contributed by atoms with E-state index in [1.807, 2.05) is 25.2 Å². The lowest BCUT2D eigenvalue weighted by atomic mass is 9.85. The predicted molar refractivity (Wildman–Crippen MR) is 82.7 cm³/mol. The molecule has 0 amide bonds. The van der Waals surface area contributed by atoms with Crippen molar-refractivity contribution in [3.05, 3.63) is 70.5 Å². The minimum atomic E-state index is -0.257. The maximum Gasteiger partial charge on any atom is 0.123 e. The Balaban J connectivity index is 2.42. The molecule has 2 unspecified atom stereocenters. The van der Waals surface area contributed by atoms with E-state index in [0.717, 1.165) is 12.0 Å². The molecule has 1 nitrogen and oxygen atoms in total. The molecule has 20 heavy (non-hydrogen) atoms. The van der Waals surface area contributed by atoms with E-state index in [0.29, 0.717) is 5.02 Å². The van der Waals surface area contributed by atoms with Gasteiger partial charge in [0.2, 0.25) is 0 Å². The fraction of sp³-hybridized carbons (Fsp3) is 0.294. The zero-order chi connectivity index (χ0) is 14.5. The van der Waals surface area contributed by atoms with Gasteiger partial charge in [-0.15, -0.1) is 0 Å². The van der Waals surface area contributed by atoms with Gasteiger partial charge in [-0.2, -0.15) is 0 Å². The van der Waals surface area contributed by atoms with Crippen LogP contribution < -0.4 is 5.32 Å². The Hall–Kier alpha value is -1.38. The van der Waals surface area contributed by atoms with Crippen LogP contribution in [0.2, 0.25) is 5.02 Å². The SMILES string of the molecule is CCC(c1ccccc1)C(NC)c1cc(F)ccc1Cl. The van der Waals surface area contributed by atoms with Crippen molar-refractivity contribution in [2.45, 2.75) is 25.3 Å². The molecule has 0 aliphatic heterocycles. The van der Waals surface area contributed by atoms with Gasteiger partial charge in [0, 0.05) is 17.0 Å². The van der Waals surface area contributed by atoms with Gasteiger partial charge in [-0.25, -0.2) is 4.39 Å². The van der Waals surface area contributed by atoms with Crippen molar-refractivity contribution in [2.75, 3.05) is 7.05 Å². The average Bonchev–Trinajstić information content (AvgIpc) is 2.48. The third-order valence-electron chi connectivity index (χ3n) is 3.67. The van der Waals surface area contributed by atoms with E-state index in [1.165, 1.54) is 17.7 Å². The van der Waals surface area contributed by atoms with Crippen molar-refractivity contribution >= 4 is 11.6 Å². The molecule has 0 heterocycles. The number of nitrogens with one attached hydrogen (secondary N) is 1. The Morgan fingerprint density at radius 1 is 1.15 bits per heavy atom. The molecule has 0 radical (unpaired) electrons. The van der Waals surface area contributed by atoms with Gasteiger partial charge in [-0.05, 0) is 42.8 Å². The molecule has 3 heteroatoms. The number of rotatable bonds is 5. The minimum Gasteiger partial charge on any atom is -0.312 e. The molecule has 2 aromatic rings. The quantitative estimate of drug-likeness (QED) is 0.823. The van der Waals surface area contributed by atoms with E-state index in [2.05, 4.69) is 24.4 Å². The van der Waals surface area contributed by atoms with Crippen LogP contribution >= 0.6 is 11.6 Å². The molecule has 106 valence electrons. The summed E-state index contributed by atoms with van der Waals surface area (Å²) in [4.78, 5) is 0. The van der Waals surface area contributed by atoms with Crippen LogP contribution in [-0.2, 0) is 0 Å². The van der Waals surface area contributed by atoms with Gasteiger partial charge in [-0.1, -0.05) is 48.9 Å². The Kier molecular flexibility index (Phi) is 5.16. The maximum atomic E-state index is 13.5. The minimum absolute atomic E-state index is 0.00870. The highest BCUT2D eigenvalue weighted by atomic mass is 35.5. The normalized spacial score (nSPS) is 14.0. The highest BCUT2D eigenvalue weighted by Crippen LogP contribution is 2.36. The predicted octanol–water partition coefficient (Wildman–Crippen LogP) is 4.93. The second-order valence-electron chi connectivity index (χ2n) is 4.86. The van der Waals surface area contributed by atoms with Gasteiger partial charge in [0.25, 0.3) is 0 Å². The summed E-state index contributed by atoms with van der Waals surface area (Å²) in [6.07, 6.45) is 0.947. The summed E-state index contributed by atoms with van der Waals surface area (Å²) in [5, 5.41) is 3.88. The first kappa shape index (κ1) is 15.0. The molecular formula is C17H19ClFN. The molecule has 2 atom stereocenters. The topological polar surface area (TPSA) is 12.0 Å². The summed E-state index contributed by atoms with van der Waals surface area (Å²) in [5.41, 5.74) is 2.04. The molecule has 0 aromatic heterocycles. The fourth-order valence-electron chi connectivity index (χ4n) is 2.69. The van der Waals surface area contributed by atoms with Crippen molar-refractivity contribution in [1.82, 2.24) is 5.32 Å². The van der Waals surface area contributed by atoms with E-state index in [9.17, 15) is 4.39 Å². The van der Waals surface area contributed by atoms with Crippen molar-refractivity contribution < 1.29 is 4.39 Å². The van der Waals surface area contributed by atoms with Crippen molar-refractivity contribution in [2.24, 2.45) is 0 Å². The Morgan fingerprint density at radius 3 is 2.45 bits per heavy atom. The number of hydrogen-bond donors (Lipinski definition) is 1. The van der Waals surface area contributed by atoms with E-state index < -0.39 is 0 Å². The van der Waals surface area contributed by atoms with Crippen LogP contribution in [-0.4, -0.2) is 7.05 Å². The lowest BCUT2D eigenvalue weighted by Gasteiger charge is -2.27. The summed E-state index contributed by atoms with van der Waals surface area (Å²) in [6.45, 7) is 2.13. The van der Waals surface area contributed by atoms with Crippen LogP contribution in [0.1, 0.15) is 36.4 Å². The second-order valence-corrected chi connectivity index (χ2v) is 5.26. The third-order valence-corrected chi connectivity index (χ3v) is 4.02. The lowest BCUT2D eigenvalue weighted by Crippen LogP contribution is -2.24. The van der Waals surface area contributed by atoms with Gasteiger partial charge < -0.3 is 5.32 Å². The highest BCUT2D eigenvalue weighted by Gasteiger charge is 2.24.